The van der Waals surface area contributed by atoms with Crippen LogP contribution in [0.2, 0.25) is 5.02 Å². The Morgan fingerprint density at radius 3 is 2.86 bits per heavy atom. The van der Waals surface area contributed by atoms with E-state index in [2.05, 4.69) is 0 Å². The molecule has 1 fully saturated rings. The molecule has 1 aromatic rings. The summed E-state index contributed by atoms with van der Waals surface area (Å²) in [6, 6.07) is 5.67. The van der Waals surface area contributed by atoms with Gasteiger partial charge in [-0.25, -0.2) is 0 Å². The highest BCUT2D eigenvalue weighted by Gasteiger charge is 2.29. The summed E-state index contributed by atoms with van der Waals surface area (Å²) in [6.45, 7) is 7.23. The van der Waals surface area contributed by atoms with Crippen LogP contribution in [0.4, 0.5) is 0 Å². The molecule has 2 N–H and O–H groups in total. The van der Waals surface area contributed by atoms with Crippen molar-refractivity contribution >= 4 is 17.5 Å². The van der Waals surface area contributed by atoms with Crippen molar-refractivity contribution in [3.63, 3.8) is 0 Å². The topological polar surface area (TPSA) is 55.6 Å². The summed E-state index contributed by atoms with van der Waals surface area (Å²) in [7, 11) is 0. The van der Waals surface area contributed by atoms with Crippen LogP contribution in [-0.2, 0) is 4.79 Å². The van der Waals surface area contributed by atoms with Crippen molar-refractivity contribution in [2.75, 3.05) is 13.1 Å². The van der Waals surface area contributed by atoms with E-state index in [0.29, 0.717) is 23.2 Å². The van der Waals surface area contributed by atoms with Crippen LogP contribution in [0.5, 0.6) is 5.75 Å². The maximum atomic E-state index is 12.6. The number of hydrogen-bond acceptors (Lipinski definition) is 3. The van der Waals surface area contributed by atoms with E-state index in [-0.39, 0.29) is 11.9 Å². The summed E-state index contributed by atoms with van der Waals surface area (Å²) in [5.74, 6) is 0.929. The standard InChI is InChI=1S/C17H25ClN2O2/c1-11-6-7-15(18)16(9-11)22-13(3)17(21)20-8-4-5-14(10-20)12(2)19/h6-7,9,12-14H,4-5,8,10,19H2,1-3H3/t12-,13-,14+/m1/s1. The molecule has 4 nitrogen and oxygen atoms in total. The number of piperidine rings is 1. The van der Waals surface area contributed by atoms with Gasteiger partial charge in [-0.05, 0) is 57.2 Å². The van der Waals surface area contributed by atoms with Gasteiger partial charge in [0.15, 0.2) is 6.10 Å². The molecule has 22 heavy (non-hydrogen) atoms. The average Bonchev–Trinajstić information content (AvgIpc) is 2.50. The van der Waals surface area contributed by atoms with Gasteiger partial charge < -0.3 is 15.4 Å². The van der Waals surface area contributed by atoms with E-state index in [0.717, 1.165) is 24.9 Å². The van der Waals surface area contributed by atoms with Crippen molar-refractivity contribution < 1.29 is 9.53 Å². The van der Waals surface area contributed by atoms with Crippen LogP contribution in [0, 0.1) is 12.8 Å². The first-order chi connectivity index (χ1) is 10.4. The number of likely N-dealkylation sites (tertiary alicyclic amines) is 1. The van der Waals surface area contributed by atoms with E-state index < -0.39 is 6.10 Å². The summed E-state index contributed by atoms with van der Waals surface area (Å²) >= 11 is 6.13. The fraction of sp³-hybridized carbons (Fsp3) is 0.588. The first-order valence-corrected chi connectivity index (χ1v) is 8.23. The number of benzene rings is 1. The molecular weight excluding hydrogens is 300 g/mol. The zero-order valence-electron chi connectivity index (χ0n) is 13.5. The van der Waals surface area contributed by atoms with Gasteiger partial charge in [-0.3, -0.25) is 4.79 Å². The molecular formula is C17H25ClN2O2. The van der Waals surface area contributed by atoms with E-state index in [1.807, 2.05) is 30.9 Å². The summed E-state index contributed by atoms with van der Waals surface area (Å²) in [5.41, 5.74) is 7.03. The predicted octanol–water partition coefficient (Wildman–Crippen LogP) is 3.00. The molecule has 0 bridgehead atoms. The number of carbonyl (C=O) groups is 1. The number of rotatable bonds is 4. The van der Waals surface area contributed by atoms with Gasteiger partial charge in [-0.15, -0.1) is 0 Å². The Morgan fingerprint density at radius 2 is 2.18 bits per heavy atom. The summed E-state index contributed by atoms with van der Waals surface area (Å²) < 4.78 is 5.78. The molecule has 3 atom stereocenters. The summed E-state index contributed by atoms with van der Waals surface area (Å²) in [5, 5.41) is 0.525. The molecule has 0 radical (unpaired) electrons. The second kappa shape index (κ2) is 7.34. The van der Waals surface area contributed by atoms with E-state index in [1.54, 1.807) is 13.0 Å². The van der Waals surface area contributed by atoms with E-state index >= 15 is 0 Å². The van der Waals surface area contributed by atoms with Crippen molar-refractivity contribution in [3.05, 3.63) is 28.8 Å². The molecule has 1 aliphatic heterocycles. The summed E-state index contributed by atoms with van der Waals surface area (Å²) in [6.07, 6.45) is 1.53. The smallest absolute Gasteiger partial charge is 0.263 e. The van der Waals surface area contributed by atoms with Crippen LogP contribution in [0.25, 0.3) is 0 Å². The van der Waals surface area contributed by atoms with Crippen LogP contribution in [-0.4, -0.2) is 36.0 Å². The van der Waals surface area contributed by atoms with Gasteiger partial charge in [0.25, 0.3) is 5.91 Å². The van der Waals surface area contributed by atoms with Crippen molar-refractivity contribution in [2.45, 2.75) is 45.8 Å². The quantitative estimate of drug-likeness (QED) is 0.926. The number of hydrogen-bond donors (Lipinski definition) is 1. The molecule has 122 valence electrons. The minimum atomic E-state index is -0.550. The zero-order valence-corrected chi connectivity index (χ0v) is 14.3. The molecule has 1 saturated heterocycles. The Bertz CT molecular complexity index is 533. The first-order valence-electron chi connectivity index (χ1n) is 7.85. The maximum Gasteiger partial charge on any atom is 0.263 e. The zero-order chi connectivity index (χ0) is 16.3. The van der Waals surface area contributed by atoms with Gasteiger partial charge in [-0.1, -0.05) is 17.7 Å². The molecule has 1 aromatic carbocycles. The fourth-order valence-electron chi connectivity index (χ4n) is 2.84. The van der Waals surface area contributed by atoms with Crippen LogP contribution < -0.4 is 10.5 Å². The van der Waals surface area contributed by atoms with Crippen LogP contribution in [0.3, 0.4) is 0 Å². The highest BCUT2D eigenvalue weighted by molar-refractivity contribution is 6.32. The maximum absolute atomic E-state index is 12.6. The molecule has 0 saturated carbocycles. The number of amides is 1. The number of nitrogens with zero attached hydrogens (tertiary/aromatic N) is 1. The lowest BCUT2D eigenvalue weighted by Gasteiger charge is -2.35. The molecule has 2 rings (SSSR count). The van der Waals surface area contributed by atoms with Gasteiger partial charge in [-0.2, -0.15) is 0 Å². The molecule has 0 spiro atoms. The Labute approximate surface area is 137 Å². The van der Waals surface area contributed by atoms with Gasteiger partial charge in [0.05, 0.1) is 5.02 Å². The fourth-order valence-corrected chi connectivity index (χ4v) is 3.00. The van der Waals surface area contributed by atoms with Crippen LogP contribution in [0.1, 0.15) is 32.3 Å². The second-order valence-corrected chi connectivity index (χ2v) is 6.65. The monoisotopic (exact) mass is 324 g/mol. The van der Waals surface area contributed by atoms with Crippen molar-refractivity contribution in [1.82, 2.24) is 4.90 Å². The molecule has 1 aliphatic rings. The average molecular weight is 325 g/mol. The predicted molar refractivity (Wildman–Crippen MR) is 89.2 cm³/mol. The number of aryl methyl sites for hydroxylation is 1. The van der Waals surface area contributed by atoms with Crippen molar-refractivity contribution in [1.29, 1.82) is 0 Å². The molecule has 5 heteroatoms. The first kappa shape index (κ1) is 17.1. The van der Waals surface area contributed by atoms with Gasteiger partial charge in [0.1, 0.15) is 5.75 Å². The highest BCUT2D eigenvalue weighted by Crippen LogP contribution is 2.27. The van der Waals surface area contributed by atoms with E-state index in [1.165, 1.54) is 0 Å². The lowest BCUT2D eigenvalue weighted by Crippen LogP contribution is -2.48. The number of carbonyl (C=O) groups excluding carboxylic acids is 1. The second-order valence-electron chi connectivity index (χ2n) is 6.24. The van der Waals surface area contributed by atoms with Gasteiger partial charge in [0.2, 0.25) is 0 Å². The van der Waals surface area contributed by atoms with Crippen LogP contribution >= 0.6 is 11.6 Å². The Hall–Kier alpha value is -1.26. The molecule has 1 amide bonds. The molecule has 1 heterocycles. The molecule has 0 unspecified atom stereocenters. The third-order valence-corrected chi connectivity index (χ3v) is 4.56. The highest BCUT2D eigenvalue weighted by atomic mass is 35.5. The largest absolute Gasteiger partial charge is 0.479 e. The van der Waals surface area contributed by atoms with Crippen molar-refractivity contribution in [2.24, 2.45) is 11.7 Å². The van der Waals surface area contributed by atoms with Gasteiger partial charge >= 0.3 is 0 Å². The Balaban J connectivity index is 2.01. The Kier molecular flexibility index (Phi) is 5.70. The third kappa shape index (κ3) is 4.14. The Morgan fingerprint density at radius 1 is 1.45 bits per heavy atom. The molecule has 0 aromatic heterocycles. The normalized spacial score (nSPS) is 21.3. The number of ether oxygens (including phenoxy) is 1. The minimum Gasteiger partial charge on any atom is -0.479 e. The lowest BCUT2D eigenvalue weighted by molar-refractivity contribution is -0.139. The molecule has 0 aliphatic carbocycles. The minimum absolute atomic E-state index is 0.00271. The van der Waals surface area contributed by atoms with E-state index in [4.69, 9.17) is 22.1 Å². The number of nitrogens with two attached hydrogens (primary N) is 1. The lowest BCUT2D eigenvalue weighted by atomic mass is 9.92. The van der Waals surface area contributed by atoms with Crippen LogP contribution in [0.15, 0.2) is 18.2 Å². The van der Waals surface area contributed by atoms with Crippen molar-refractivity contribution in [3.8, 4) is 5.75 Å². The third-order valence-electron chi connectivity index (χ3n) is 4.25. The van der Waals surface area contributed by atoms with Gasteiger partial charge in [0, 0.05) is 19.1 Å². The van der Waals surface area contributed by atoms with E-state index in [9.17, 15) is 4.79 Å². The number of halogens is 1. The summed E-state index contributed by atoms with van der Waals surface area (Å²) in [4.78, 5) is 14.5. The SMILES string of the molecule is Cc1ccc(Cl)c(O[C@H](C)C(=O)N2CCC[C@H]([C@@H](C)N)C2)c1.